The zero-order chi connectivity index (χ0) is 16.3. The van der Waals surface area contributed by atoms with Crippen LogP contribution >= 0.6 is 0 Å². The van der Waals surface area contributed by atoms with Gasteiger partial charge >= 0.3 is 0 Å². The summed E-state index contributed by atoms with van der Waals surface area (Å²) < 4.78 is 7.02. The van der Waals surface area contributed by atoms with Gasteiger partial charge < -0.3 is 9.30 Å². The van der Waals surface area contributed by atoms with Gasteiger partial charge in [-0.05, 0) is 30.0 Å². The second-order valence-electron chi connectivity index (χ2n) is 5.58. The smallest absolute Gasteiger partial charge is 0.155 e. The molecule has 122 valence electrons. The number of unbranched alkanes of at least 4 members (excludes halogenated alkanes) is 2. The van der Waals surface area contributed by atoms with E-state index in [0.29, 0.717) is 6.42 Å². The van der Waals surface area contributed by atoms with E-state index in [-0.39, 0.29) is 5.78 Å². The molecule has 0 atom stereocenters. The first-order valence-corrected chi connectivity index (χ1v) is 8.02. The molecule has 1 aromatic carbocycles. The molecule has 0 amide bonds. The van der Waals surface area contributed by atoms with Crippen LogP contribution in [0.3, 0.4) is 0 Å². The van der Waals surface area contributed by atoms with Gasteiger partial charge in [-0.15, -0.1) is 0 Å². The molecule has 0 aliphatic heterocycles. The van der Waals surface area contributed by atoms with Crippen molar-refractivity contribution in [2.45, 2.75) is 32.2 Å². The number of allylic oxidation sites excluding steroid dienone is 1. The Balaban J connectivity index is 1.75. The molecule has 0 spiro atoms. The summed E-state index contributed by atoms with van der Waals surface area (Å²) in [4.78, 5) is 15.8. The van der Waals surface area contributed by atoms with Gasteiger partial charge in [0.05, 0.1) is 6.33 Å². The highest BCUT2D eigenvalue weighted by atomic mass is 16.5. The number of hydrogen-bond acceptors (Lipinski definition) is 3. The van der Waals surface area contributed by atoms with Gasteiger partial charge in [0, 0.05) is 39.1 Å². The first-order valence-electron chi connectivity index (χ1n) is 8.02. The average molecular weight is 312 g/mol. The topological polar surface area (TPSA) is 44.1 Å². The summed E-state index contributed by atoms with van der Waals surface area (Å²) in [6.45, 7) is 1.58. The number of ether oxygens (including phenoxy) is 1. The lowest BCUT2D eigenvalue weighted by molar-refractivity contribution is -0.114. The fraction of sp³-hybridized carbons (Fsp3) is 0.368. The zero-order valence-corrected chi connectivity index (χ0v) is 13.6. The van der Waals surface area contributed by atoms with E-state index in [1.165, 1.54) is 5.56 Å². The second-order valence-corrected chi connectivity index (χ2v) is 5.58. The molecular formula is C19H24N2O2. The first kappa shape index (κ1) is 17.2. The molecule has 2 aromatic rings. The largest absolute Gasteiger partial charge is 0.385 e. The van der Waals surface area contributed by atoms with Crippen LogP contribution in [0.15, 0.2) is 49.1 Å². The predicted octanol–water partition coefficient (Wildman–Crippen LogP) is 3.72. The predicted molar refractivity (Wildman–Crippen MR) is 92.2 cm³/mol. The maximum absolute atomic E-state index is 11.8. The van der Waals surface area contributed by atoms with Crippen LogP contribution in [0.1, 0.15) is 36.8 Å². The van der Waals surface area contributed by atoms with E-state index in [0.717, 1.165) is 38.0 Å². The van der Waals surface area contributed by atoms with Gasteiger partial charge in [-0.25, -0.2) is 4.98 Å². The Morgan fingerprint density at radius 2 is 2.04 bits per heavy atom. The molecule has 0 unspecified atom stereocenters. The molecule has 4 nitrogen and oxygen atoms in total. The molecule has 1 aromatic heterocycles. The van der Waals surface area contributed by atoms with Crippen LogP contribution in [-0.2, 0) is 16.1 Å². The Morgan fingerprint density at radius 1 is 1.22 bits per heavy atom. The minimum atomic E-state index is 0.185. The third-order valence-corrected chi connectivity index (χ3v) is 3.64. The Morgan fingerprint density at radius 3 is 2.74 bits per heavy atom. The SMILES string of the molecule is COCCCCCC(=O)/C=C/c1ccc(Cn2ccnc2)cc1. The van der Waals surface area contributed by atoms with Crippen molar-refractivity contribution in [1.82, 2.24) is 9.55 Å². The van der Waals surface area contributed by atoms with Crippen molar-refractivity contribution in [3.05, 3.63) is 60.2 Å². The van der Waals surface area contributed by atoms with Crippen molar-refractivity contribution < 1.29 is 9.53 Å². The summed E-state index contributed by atoms with van der Waals surface area (Å²) in [5, 5.41) is 0. The van der Waals surface area contributed by atoms with Gasteiger partial charge in [0.15, 0.2) is 5.78 Å². The van der Waals surface area contributed by atoms with E-state index in [2.05, 4.69) is 17.1 Å². The summed E-state index contributed by atoms with van der Waals surface area (Å²) >= 11 is 0. The minimum Gasteiger partial charge on any atom is -0.385 e. The van der Waals surface area contributed by atoms with Gasteiger partial charge in [-0.3, -0.25) is 4.79 Å². The van der Waals surface area contributed by atoms with Crippen molar-refractivity contribution in [3.63, 3.8) is 0 Å². The molecule has 23 heavy (non-hydrogen) atoms. The quantitative estimate of drug-likeness (QED) is 0.496. The molecule has 0 saturated heterocycles. The van der Waals surface area contributed by atoms with Crippen LogP contribution in [-0.4, -0.2) is 29.1 Å². The normalized spacial score (nSPS) is 11.2. The Labute approximate surface area is 137 Å². The van der Waals surface area contributed by atoms with Crippen LogP contribution in [0.2, 0.25) is 0 Å². The third kappa shape index (κ3) is 6.61. The second kappa shape index (κ2) is 9.74. The Hall–Kier alpha value is -2.20. The number of methoxy groups -OCH3 is 1. The van der Waals surface area contributed by atoms with Gasteiger partial charge in [-0.2, -0.15) is 0 Å². The summed E-state index contributed by atoms with van der Waals surface area (Å²) in [6, 6.07) is 8.23. The standard InChI is InChI=1S/C19H24N2O2/c1-23-14-4-2-3-5-19(22)11-10-17-6-8-18(9-7-17)15-21-13-12-20-16-21/h6-13,16H,2-5,14-15H2,1H3/b11-10+. The number of carbonyl (C=O) groups is 1. The highest BCUT2D eigenvalue weighted by Gasteiger charge is 1.98. The maximum atomic E-state index is 11.8. The minimum absolute atomic E-state index is 0.185. The molecule has 0 saturated carbocycles. The van der Waals surface area contributed by atoms with E-state index in [1.54, 1.807) is 25.7 Å². The number of aromatic nitrogens is 2. The molecular weight excluding hydrogens is 288 g/mol. The van der Waals surface area contributed by atoms with Crippen LogP contribution < -0.4 is 0 Å². The fourth-order valence-corrected chi connectivity index (χ4v) is 2.32. The lowest BCUT2D eigenvalue weighted by Crippen LogP contribution is -1.96. The van der Waals surface area contributed by atoms with Gasteiger partial charge in [0.2, 0.25) is 0 Å². The lowest BCUT2D eigenvalue weighted by atomic mass is 10.1. The molecule has 0 radical (unpaired) electrons. The molecule has 0 N–H and O–H groups in total. The molecule has 0 bridgehead atoms. The van der Waals surface area contributed by atoms with Crippen molar-refractivity contribution in [2.24, 2.45) is 0 Å². The third-order valence-electron chi connectivity index (χ3n) is 3.64. The zero-order valence-electron chi connectivity index (χ0n) is 13.6. The van der Waals surface area contributed by atoms with E-state index in [4.69, 9.17) is 4.74 Å². The fourth-order valence-electron chi connectivity index (χ4n) is 2.32. The van der Waals surface area contributed by atoms with E-state index in [9.17, 15) is 4.79 Å². The molecule has 0 aliphatic carbocycles. The van der Waals surface area contributed by atoms with Gasteiger partial charge in [0.25, 0.3) is 0 Å². The molecule has 2 rings (SSSR count). The van der Waals surface area contributed by atoms with Crippen LogP contribution in [0.5, 0.6) is 0 Å². The van der Waals surface area contributed by atoms with Gasteiger partial charge in [0.1, 0.15) is 0 Å². The van der Waals surface area contributed by atoms with Crippen molar-refractivity contribution >= 4 is 11.9 Å². The van der Waals surface area contributed by atoms with Crippen LogP contribution in [0.25, 0.3) is 6.08 Å². The number of nitrogens with zero attached hydrogens (tertiary/aromatic N) is 2. The van der Waals surface area contributed by atoms with Crippen LogP contribution in [0.4, 0.5) is 0 Å². The van der Waals surface area contributed by atoms with E-state index >= 15 is 0 Å². The van der Waals surface area contributed by atoms with Crippen molar-refractivity contribution in [1.29, 1.82) is 0 Å². The highest BCUT2D eigenvalue weighted by molar-refractivity contribution is 5.93. The monoisotopic (exact) mass is 312 g/mol. The average Bonchev–Trinajstić information content (AvgIpc) is 3.07. The van der Waals surface area contributed by atoms with E-state index in [1.807, 2.05) is 29.0 Å². The molecule has 0 fully saturated rings. The maximum Gasteiger partial charge on any atom is 0.155 e. The summed E-state index contributed by atoms with van der Waals surface area (Å²) in [5.74, 6) is 0.185. The first-order chi connectivity index (χ1) is 11.3. The van der Waals surface area contributed by atoms with Crippen molar-refractivity contribution in [2.75, 3.05) is 13.7 Å². The molecule has 4 heteroatoms. The number of hydrogen-bond donors (Lipinski definition) is 0. The number of rotatable bonds is 10. The number of carbonyl (C=O) groups excluding carboxylic acids is 1. The van der Waals surface area contributed by atoms with Crippen LogP contribution in [0, 0.1) is 0 Å². The highest BCUT2D eigenvalue weighted by Crippen LogP contribution is 2.09. The molecule has 1 heterocycles. The Bertz CT molecular complexity index is 601. The van der Waals surface area contributed by atoms with Gasteiger partial charge in [-0.1, -0.05) is 36.8 Å². The number of ketones is 1. The molecule has 0 aliphatic rings. The van der Waals surface area contributed by atoms with E-state index < -0.39 is 0 Å². The summed E-state index contributed by atoms with van der Waals surface area (Å²) in [7, 11) is 1.70. The number of imidazole rings is 1. The summed E-state index contributed by atoms with van der Waals surface area (Å²) in [5.41, 5.74) is 2.26. The number of benzene rings is 1. The Kier molecular flexibility index (Phi) is 7.27. The summed E-state index contributed by atoms with van der Waals surface area (Å²) in [6.07, 6.45) is 12.7. The van der Waals surface area contributed by atoms with Crippen molar-refractivity contribution in [3.8, 4) is 0 Å². The lowest BCUT2D eigenvalue weighted by Gasteiger charge is -2.03.